The van der Waals surface area contributed by atoms with Crippen LogP contribution in [0.1, 0.15) is 18.5 Å². The molecular weight excluding hydrogens is 243 g/mol. The SMILES string of the molecule is Nc1nc(CNC(=O)CCC(F)(F)F)cs1. The van der Waals surface area contributed by atoms with E-state index in [4.69, 9.17) is 5.73 Å². The van der Waals surface area contributed by atoms with Gasteiger partial charge in [-0.25, -0.2) is 4.98 Å². The van der Waals surface area contributed by atoms with E-state index in [2.05, 4.69) is 10.3 Å². The number of nitrogens with zero attached hydrogens (tertiary/aromatic N) is 1. The molecule has 90 valence electrons. The summed E-state index contributed by atoms with van der Waals surface area (Å²) >= 11 is 1.21. The van der Waals surface area contributed by atoms with Crippen LogP contribution >= 0.6 is 11.3 Å². The van der Waals surface area contributed by atoms with Gasteiger partial charge in [-0.1, -0.05) is 0 Å². The molecule has 0 radical (unpaired) electrons. The highest BCUT2D eigenvalue weighted by atomic mass is 32.1. The molecule has 1 rings (SSSR count). The molecule has 0 atom stereocenters. The van der Waals surface area contributed by atoms with E-state index in [0.717, 1.165) is 0 Å². The van der Waals surface area contributed by atoms with Crippen LogP contribution in [0.2, 0.25) is 0 Å². The first-order chi connectivity index (χ1) is 7.37. The van der Waals surface area contributed by atoms with Crippen LogP contribution in [0, 0.1) is 0 Å². The first-order valence-corrected chi connectivity index (χ1v) is 5.28. The first-order valence-electron chi connectivity index (χ1n) is 4.40. The molecule has 3 N–H and O–H groups in total. The summed E-state index contributed by atoms with van der Waals surface area (Å²) in [4.78, 5) is 14.9. The third-order valence-electron chi connectivity index (χ3n) is 1.67. The van der Waals surface area contributed by atoms with Gasteiger partial charge in [-0.15, -0.1) is 11.3 Å². The van der Waals surface area contributed by atoms with Gasteiger partial charge in [-0.2, -0.15) is 13.2 Å². The van der Waals surface area contributed by atoms with Crippen LogP contribution in [0.5, 0.6) is 0 Å². The molecule has 0 saturated carbocycles. The Hall–Kier alpha value is -1.31. The number of hydrogen-bond donors (Lipinski definition) is 2. The van der Waals surface area contributed by atoms with Crippen LogP contribution in [0.15, 0.2) is 5.38 Å². The fraction of sp³-hybridized carbons (Fsp3) is 0.500. The smallest absolute Gasteiger partial charge is 0.375 e. The Labute approximate surface area is 93.7 Å². The number of nitrogens with two attached hydrogens (primary N) is 1. The third-order valence-corrected chi connectivity index (χ3v) is 2.39. The predicted octanol–water partition coefficient (Wildman–Crippen LogP) is 1.68. The van der Waals surface area contributed by atoms with Gasteiger partial charge in [0.25, 0.3) is 0 Å². The van der Waals surface area contributed by atoms with Crippen LogP contribution in [0.25, 0.3) is 0 Å². The predicted molar refractivity (Wildman–Crippen MR) is 53.7 cm³/mol. The van der Waals surface area contributed by atoms with Gasteiger partial charge in [0.05, 0.1) is 18.7 Å². The molecule has 1 amide bonds. The fourth-order valence-electron chi connectivity index (χ4n) is 0.937. The van der Waals surface area contributed by atoms with Crippen molar-refractivity contribution in [2.75, 3.05) is 5.73 Å². The monoisotopic (exact) mass is 253 g/mol. The summed E-state index contributed by atoms with van der Waals surface area (Å²) in [7, 11) is 0. The van der Waals surface area contributed by atoms with Gasteiger partial charge in [0, 0.05) is 11.8 Å². The summed E-state index contributed by atoms with van der Waals surface area (Å²) in [6.07, 6.45) is -5.98. The van der Waals surface area contributed by atoms with E-state index < -0.39 is 24.9 Å². The van der Waals surface area contributed by atoms with Gasteiger partial charge >= 0.3 is 6.18 Å². The molecule has 8 heteroatoms. The van der Waals surface area contributed by atoms with Crippen molar-refractivity contribution in [2.45, 2.75) is 25.6 Å². The highest BCUT2D eigenvalue weighted by Gasteiger charge is 2.27. The topological polar surface area (TPSA) is 68.0 Å². The number of rotatable bonds is 4. The van der Waals surface area contributed by atoms with E-state index in [9.17, 15) is 18.0 Å². The molecule has 0 fully saturated rings. The van der Waals surface area contributed by atoms with Gasteiger partial charge in [-0.05, 0) is 0 Å². The molecule has 0 aliphatic carbocycles. The number of thiazole rings is 1. The van der Waals surface area contributed by atoms with E-state index >= 15 is 0 Å². The van der Waals surface area contributed by atoms with Gasteiger partial charge < -0.3 is 11.1 Å². The number of nitrogen functional groups attached to an aromatic ring is 1. The molecule has 0 aliphatic heterocycles. The van der Waals surface area contributed by atoms with Crippen molar-refractivity contribution < 1.29 is 18.0 Å². The quantitative estimate of drug-likeness (QED) is 0.857. The Kier molecular flexibility index (Phi) is 4.11. The minimum absolute atomic E-state index is 0.102. The van der Waals surface area contributed by atoms with E-state index in [-0.39, 0.29) is 6.54 Å². The van der Waals surface area contributed by atoms with E-state index in [0.29, 0.717) is 10.8 Å². The van der Waals surface area contributed by atoms with Crippen LogP contribution in [-0.4, -0.2) is 17.1 Å². The molecule has 0 aromatic carbocycles. The summed E-state index contributed by atoms with van der Waals surface area (Å²) in [6, 6.07) is 0. The average Bonchev–Trinajstić information content (AvgIpc) is 2.57. The first kappa shape index (κ1) is 12.8. The van der Waals surface area contributed by atoms with Gasteiger partial charge in [0.1, 0.15) is 0 Å². The average molecular weight is 253 g/mol. The van der Waals surface area contributed by atoms with Gasteiger partial charge in [0.15, 0.2) is 5.13 Å². The largest absolute Gasteiger partial charge is 0.389 e. The van der Waals surface area contributed by atoms with E-state index in [1.807, 2.05) is 0 Å². The van der Waals surface area contributed by atoms with Crippen molar-refractivity contribution in [3.8, 4) is 0 Å². The van der Waals surface area contributed by atoms with Crippen LogP contribution in [-0.2, 0) is 11.3 Å². The summed E-state index contributed by atoms with van der Waals surface area (Å²) in [5.41, 5.74) is 5.89. The molecule has 0 bridgehead atoms. The summed E-state index contributed by atoms with van der Waals surface area (Å²) < 4.78 is 35.3. The van der Waals surface area contributed by atoms with Crippen molar-refractivity contribution in [3.05, 3.63) is 11.1 Å². The van der Waals surface area contributed by atoms with Crippen LogP contribution < -0.4 is 11.1 Å². The second-order valence-corrected chi connectivity index (χ2v) is 3.96. The Balaban J connectivity index is 2.25. The Bertz CT molecular complexity index is 364. The highest BCUT2D eigenvalue weighted by molar-refractivity contribution is 7.13. The zero-order valence-electron chi connectivity index (χ0n) is 8.17. The number of amides is 1. The van der Waals surface area contributed by atoms with Crippen molar-refractivity contribution in [1.82, 2.24) is 10.3 Å². The molecule has 1 aromatic heterocycles. The number of anilines is 1. The molecular formula is C8H10F3N3OS. The number of alkyl halides is 3. The van der Waals surface area contributed by atoms with E-state index in [1.54, 1.807) is 5.38 Å². The number of carbonyl (C=O) groups is 1. The zero-order valence-corrected chi connectivity index (χ0v) is 8.99. The Morgan fingerprint density at radius 1 is 1.56 bits per heavy atom. The normalized spacial score (nSPS) is 11.4. The van der Waals surface area contributed by atoms with Crippen molar-refractivity contribution in [3.63, 3.8) is 0 Å². The molecule has 16 heavy (non-hydrogen) atoms. The minimum atomic E-state index is -4.30. The molecule has 1 heterocycles. The maximum Gasteiger partial charge on any atom is 0.389 e. The molecule has 0 spiro atoms. The lowest BCUT2D eigenvalue weighted by Crippen LogP contribution is -2.24. The second kappa shape index (κ2) is 5.15. The summed E-state index contributed by atoms with van der Waals surface area (Å²) in [6.45, 7) is 0.102. The lowest BCUT2D eigenvalue weighted by molar-refractivity contribution is -0.144. The van der Waals surface area contributed by atoms with Crippen LogP contribution in [0.4, 0.5) is 18.3 Å². The molecule has 0 saturated heterocycles. The summed E-state index contributed by atoms with van der Waals surface area (Å²) in [5, 5.41) is 4.33. The van der Waals surface area contributed by atoms with E-state index in [1.165, 1.54) is 11.3 Å². The summed E-state index contributed by atoms with van der Waals surface area (Å²) in [5.74, 6) is -0.649. The standard InChI is InChI=1S/C8H10F3N3OS/c9-8(10,11)2-1-6(15)13-3-5-4-16-7(12)14-5/h4H,1-3H2,(H2,12,14)(H,13,15). The molecule has 4 nitrogen and oxygen atoms in total. The van der Waals surface area contributed by atoms with Crippen molar-refractivity contribution >= 4 is 22.4 Å². The third kappa shape index (κ3) is 4.96. The molecule has 1 aromatic rings. The number of hydrogen-bond acceptors (Lipinski definition) is 4. The molecule has 0 aliphatic rings. The maximum atomic E-state index is 11.8. The van der Waals surface area contributed by atoms with Crippen molar-refractivity contribution in [1.29, 1.82) is 0 Å². The lowest BCUT2D eigenvalue weighted by atomic mass is 10.3. The Morgan fingerprint density at radius 3 is 2.75 bits per heavy atom. The van der Waals surface area contributed by atoms with Crippen molar-refractivity contribution in [2.24, 2.45) is 0 Å². The number of carbonyl (C=O) groups excluding carboxylic acids is 1. The van der Waals surface area contributed by atoms with Gasteiger partial charge in [-0.3, -0.25) is 4.79 Å². The Morgan fingerprint density at radius 2 is 2.25 bits per heavy atom. The number of nitrogens with one attached hydrogen (secondary N) is 1. The van der Waals surface area contributed by atoms with Gasteiger partial charge in [0.2, 0.25) is 5.91 Å². The van der Waals surface area contributed by atoms with Crippen LogP contribution in [0.3, 0.4) is 0 Å². The number of aromatic nitrogens is 1. The highest BCUT2D eigenvalue weighted by Crippen LogP contribution is 2.21. The zero-order chi connectivity index (χ0) is 12.2. The number of halogens is 3. The maximum absolute atomic E-state index is 11.8. The second-order valence-electron chi connectivity index (χ2n) is 3.07. The fourth-order valence-corrected chi connectivity index (χ4v) is 1.50. The molecule has 0 unspecified atom stereocenters. The minimum Gasteiger partial charge on any atom is -0.375 e. The lowest BCUT2D eigenvalue weighted by Gasteiger charge is -2.06.